The van der Waals surface area contributed by atoms with Gasteiger partial charge in [0.2, 0.25) is 0 Å². The molecule has 2 aromatic rings. The number of rotatable bonds is 0. The van der Waals surface area contributed by atoms with Crippen molar-refractivity contribution < 1.29 is 0 Å². The van der Waals surface area contributed by atoms with E-state index >= 15 is 0 Å². The largest absolute Gasteiger partial charge is 0.277 e. The van der Waals surface area contributed by atoms with Gasteiger partial charge in [0.05, 0.1) is 5.52 Å². The SMILES string of the molecule is Brc1cccc2[nH]nc(Br)c12. The Balaban J connectivity index is 2.96. The first-order chi connectivity index (χ1) is 5.29. The first-order valence-corrected chi connectivity index (χ1v) is 4.66. The van der Waals surface area contributed by atoms with Gasteiger partial charge >= 0.3 is 0 Å². The summed E-state index contributed by atoms with van der Waals surface area (Å²) < 4.78 is 1.90. The number of nitrogens with zero attached hydrogens (tertiary/aromatic N) is 1. The van der Waals surface area contributed by atoms with Gasteiger partial charge in [-0.05, 0) is 44.0 Å². The summed E-state index contributed by atoms with van der Waals surface area (Å²) in [6, 6.07) is 5.94. The predicted octanol–water partition coefficient (Wildman–Crippen LogP) is 3.09. The summed E-state index contributed by atoms with van der Waals surface area (Å²) in [4.78, 5) is 0. The minimum Gasteiger partial charge on any atom is -0.277 e. The molecule has 0 spiro atoms. The van der Waals surface area contributed by atoms with Crippen LogP contribution < -0.4 is 0 Å². The molecule has 0 radical (unpaired) electrons. The van der Waals surface area contributed by atoms with Crippen molar-refractivity contribution >= 4 is 42.8 Å². The summed E-state index contributed by atoms with van der Waals surface area (Å²) in [7, 11) is 0. The third-order valence-corrected chi connectivity index (χ3v) is 2.73. The molecule has 1 heterocycles. The van der Waals surface area contributed by atoms with Crippen LogP contribution in [0.3, 0.4) is 0 Å². The molecule has 4 heteroatoms. The van der Waals surface area contributed by atoms with Gasteiger partial charge < -0.3 is 0 Å². The molecule has 0 saturated heterocycles. The minimum atomic E-state index is 0.847. The van der Waals surface area contributed by atoms with Crippen LogP contribution in [0.5, 0.6) is 0 Å². The van der Waals surface area contributed by atoms with Gasteiger partial charge in [0, 0.05) is 9.86 Å². The zero-order chi connectivity index (χ0) is 7.84. The van der Waals surface area contributed by atoms with Crippen molar-refractivity contribution in [2.24, 2.45) is 0 Å². The van der Waals surface area contributed by atoms with Crippen molar-refractivity contribution in [1.82, 2.24) is 10.2 Å². The highest BCUT2D eigenvalue weighted by Crippen LogP contribution is 2.28. The second-order valence-electron chi connectivity index (χ2n) is 2.18. The van der Waals surface area contributed by atoms with Crippen LogP contribution >= 0.6 is 31.9 Å². The lowest BCUT2D eigenvalue weighted by Gasteiger charge is -1.90. The van der Waals surface area contributed by atoms with Crippen LogP contribution in [0.1, 0.15) is 0 Å². The van der Waals surface area contributed by atoms with E-state index in [1.165, 1.54) is 0 Å². The van der Waals surface area contributed by atoms with Gasteiger partial charge in [0.15, 0.2) is 0 Å². The molecule has 1 aromatic heterocycles. The van der Waals surface area contributed by atoms with E-state index in [4.69, 9.17) is 0 Å². The molecule has 2 rings (SSSR count). The van der Waals surface area contributed by atoms with E-state index < -0.39 is 0 Å². The van der Waals surface area contributed by atoms with Crippen LogP contribution in [-0.4, -0.2) is 10.2 Å². The Hall–Kier alpha value is -0.350. The molecule has 0 amide bonds. The molecule has 0 unspecified atom stereocenters. The van der Waals surface area contributed by atoms with Crippen LogP contribution in [0, 0.1) is 0 Å². The third-order valence-electron chi connectivity index (χ3n) is 1.49. The first-order valence-electron chi connectivity index (χ1n) is 3.07. The molecule has 2 nitrogen and oxygen atoms in total. The second-order valence-corrected chi connectivity index (χ2v) is 3.78. The quantitative estimate of drug-likeness (QED) is 0.786. The fraction of sp³-hybridized carbons (Fsp3) is 0. The van der Waals surface area contributed by atoms with Crippen molar-refractivity contribution in [3.63, 3.8) is 0 Å². The maximum absolute atomic E-state index is 4.02. The van der Waals surface area contributed by atoms with Crippen LogP contribution in [0.15, 0.2) is 27.3 Å². The van der Waals surface area contributed by atoms with Gasteiger partial charge in [-0.3, -0.25) is 5.10 Å². The molecule has 0 saturated carbocycles. The zero-order valence-corrected chi connectivity index (χ0v) is 8.61. The molecule has 0 atom stereocenters. The van der Waals surface area contributed by atoms with Gasteiger partial charge in [0.25, 0.3) is 0 Å². The van der Waals surface area contributed by atoms with Crippen LogP contribution in [0.4, 0.5) is 0 Å². The zero-order valence-electron chi connectivity index (χ0n) is 5.44. The van der Waals surface area contributed by atoms with E-state index in [0.29, 0.717) is 0 Å². The van der Waals surface area contributed by atoms with E-state index in [2.05, 4.69) is 42.1 Å². The Kier molecular flexibility index (Phi) is 1.73. The lowest BCUT2D eigenvalue weighted by molar-refractivity contribution is 1.10. The van der Waals surface area contributed by atoms with E-state index in [1.54, 1.807) is 0 Å². The lowest BCUT2D eigenvalue weighted by atomic mass is 10.3. The van der Waals surface area contributed by atoms with Gasteiger partial charge in [-0.1, -0.05) is 6.07 Å². The van der Waals surface area contributed by atoms with E-state index in [0.717, 1.165) is 20.0 Å². The predicted molar refractivity (Wildman–Crippen MR) is 51.5 cm³/mol. The number of aromatic nitrogens is 2. The standard InChI is InChI=1S/C7H4Br2N2/c8-4-2-1-3-5-6(4)7(9)11-10-5/h1-3H,(H,10,11). The topological polar surface area (TPSA) is 28.7 Å². The highest BCUT2D eigenvalue weighted by Gasteiger charge is 2.04. The Morgan fingerprint density at radius 1 is 1.27 bits per heavy atom. The Bertz CT molecular complexity index is 394. The molecule has 11 heavy (non-hydrogen) atoms. The molecule has 0 bridgehead atoms. The molecule has 0 aliphatic rings. The normalized spacial score (nSPS) is 10.7. The van der Waals surface area contributed by atoms with Crippen molar-refractivity contribution in [3.8, 4) is 0 Å². The third kappa shape index (κ3) is 1.10. The van der Waals surface area contributed by atoms with Gasteiger partial charge in [-0.25, -0.2) is 0 Å². The van der Waals surface area contributed by atoms with E-state index in [9.17, 15) is 0 Å². The molecule has 0 fully saturated rings. The van der Waals surface area contributed by atoms with Gasteiger partial charge in [0.1, 0.15) is 4.60 Å². The van der Waals surface area contributed by atoms with Crippen LogP contribution in [-0.2, 0) is 0 Å². The fourth-order valence-corrected chi connectivity index (χ4v) is 2.33. The number of halogens is 2. The molecule has 0 aliphatic heterocycles. The molecule has 0 aliphatic carbocycles. The summed E-state index contributed by atoms with van der Waals surface area (Å²) in [5, 5.41) is 8.01. The van der Waals surface area contributed by atoms with Gasteiger partial charge in [-0.2, -0.15) is 5.10 Å². The number of nitrogens with one attached hydrogen (secondary N) is 1. The number of hydrogen-bond acceptors (Lipinski definition) is 1. The Morgan fingerprint density at radius 2 is 2.09 bits per heavy atom. The number of benzene rings is 1. The number of fused-ring (bicyclic) bond motifs is 1. The first kappa shape index (κ1) is 7.31. The Morgan fingerprint density at radius 3 is 2.82 bits per heavy atom. The molecule has 1 N–H and O–H groups in total. The maximum Gasteiger partial charge on any atom is 0.136 e. The van der Waals surface area contributed by atoms with Crippen molar-refractivity contribution in [1.29, 1.82) is 0 Å². The lowest BCUT2D eigenvalue weighted by Crippen LogP contribution is -1.68. The van der Waals surface area contributed by atoms with Crippen molar-refractivity contribution in [2.45, 2.75) is 0 Å². The average molecular weight is 276 g/mol. The second kappa shape index (κ2) is 2.60. The number of hydrogen-bond donors (Lipinski definition) is 1. The molecular weight excluding hydrogens is 272 g/mol. The summed E-state index contributed by atoms with van der Waals surface area (Å²) in [6.07, 6.45) is 0. The van der Waals surface area contributed by atoms with E-state index in [1.807, 2.05) is 18.2 Å². The van der Waals surface area contributed by atoms with E-state index in [-0.39, 0.29) is 0 Å². The molecular formula is C7H4Br2N2. The van der Waals surface area contributed by atoms with Crippen LogP contribution in [0.2, 0.25) is 0 Å². The summed E-state index contributed by atoms with van der Waals surface area (Å²) in [5.74, 6) is 0. The molecule has 1 aromatic carbocycles. The average Bonchev–Trinajstić information content (AvgIpc) is 2.34. The summed E-state index contributed by atoms with van der Waals surface area (Å²) >= 11 is 6.78. The highest BCUT2D eigenvalue weighted by molar-refractivity contribution is 9.11. The number of aromatic amines is 1. The van der Waals surface area contributed by atoms with Gasteiger partial charge in [-0.15, -0.1) is 0 Å². The monoisotopic (exact) mass is 274 g/mol. The highest BCUT2D eigenvalue weighted by atomic mass is 79.9. The van der Waals surface area contributed by atoms with Crippen LogP contribution in [0.25, 0.3) is 10.9 Å². The fourth-order valence-electron chi connectivity index (χ4n) is 0.992. The summed E-state index contributed by atoms with van der Waals surface area (Å²) in [5.41, 5.74) is 1.03. The van der Waals surface area contributed by atoms with Crippen molar-refractivity contribution in [2.75, 3.05) is 0 Å². The molecule has 56 valence electrons. The minimum absolute atomic E-state index is 0.847. The summed E-state index contributed by atoms with van der Waals surface area (Å²) in [6.45, 7) is 0. The number of H-pyrrole nitrogens is 1. The maximum atomic E-state index is 4.02. The smallest absolute Gasteiger partial charge is 0.136 e. The Labute approximate surface area is 80.2 Å². The van der Waals surface area contributed by atoms with Crippen molar-refractivity contribution in [3.05, 3.63) is 27.3 Å².